The van der Waals surface area contributed by atoms with E-state index in [4.69, 9.17) is 62.1 Å². The summed E-state index contributed by atoms with van der Waals surface area (Å²) in [6, 6.07) is -1.09. The van der Waals surface area contributed by atoms with Gasteiger partial charge < -0.3 is 77.2 Å². The van der Waals surface area contributed by atoms with Crippen LogP contribution in [0.3, 0.4) is 0 Å². The van der Waals surface area contributed by atoms with Crippen molar-refractivity contribution in [2.45, 2.75) is 199 Å². The van der Waals surface area contributed by atoms with Crippen LogP contribution in [0.4, 0.5) is 0 Å². The molecule has 0 aromatic carbocycles. The number of aromatic nitrogens is 3. The highest BCUT2D eigenvalue weighted by molar-refractivity contribution is 6.39. The van der Waals surface area contributed by atoms with Gasteiger partial charge in [-0.2, -0.15) is 0 Å². The minimum absolute atomic E-state index is 0.000575. The number of Topliss-reactive ketones (excluding diaryl/α,β-unsaturated/α-hetero) is 1. The maximum atomic E-state index is 14.8. The SMILES string of the molecule is COCCOCCOCCOCCOCCn1cc(CON=C2[C@H](C)C[C@H](C)/C=C/C=C/C=C(\C)[C@@H](OC)C[C@@H]3CC[C@@H](C)[C@@](O)(O3)C(=O)C(=O)N3CCCC[C@H]3C(=O)OC([C@H](C)C[C@@H]3CC[C@@H](O)[C@H](OC)C3)C[C@@H](OC)[C@H](C)/C=C(\C)[C@@H](O)[C@H]2OC)nn1. The van der Waals surface area contributed by atoms with Crippen molar-refractivity contribution in [2.24, 2.45) is 40.7 Å². The fourth-order valence-corrected chi connectivity index (χ4v) is 12.5. The fraction of sp³-hybridized carbons (Fsp3) is 0.788. The van der Waals surface area contributed by atoms with Gasteiger partial charge >= 0.3 is 5.97 Å². The van der Waals surface area contributed by atoms with Crippen LogP contribution in [0.2, 0.25) is 0 Å². The van der Waals surface area contributed by atoms with Gasteiger partial charge in [-0.05, 0) is 107 Å². The van der Waals surface area contributed by atoms with E-state index in [9.17, 15) is 29.7 Å². The molecule has 1 aromatic heterocycles. The first-order valence-electron chi connectivity index (χ1n) is 32.3. The zero-order valence-corrected chi connectivity index (χ0v) is 55.4. The molecule has 16 atom stereocenters. The molecule has 1 aliphatic carbocycles. The number of carbonyl (C=O) groups is 3. The normalized spacial score (nSPS) is 34.0. The number of oxime groups is 1. The number of nitrogens with zero attached hydrogens (tertiary/aromatic N) is 5. The zero-order chi connectivity index (χ0) is 64.9. The van der Waals surface area contributed by atoms with Crippen LogP contribution in [0, 0.1) is 35.5 Å². The van der Waals surface area contributed by atoms with Gasteiger partial charge in [-0.25, -0.2) is 9.48 Å². The lowest BCUT2D eigenvalue weighted by atomic mass is 9.78. The number of aliphatic hydroxyl groups is 3. The van der Waals surface area contributed by atoms with E-state index >= 15 is 0 Å². The number of cyclic esters (lactones) is 1. The Morgan fingerprint density at radius 3 is 2.10 bits per heavy atom. The van der Waals surface area contributed by atoms with Gasteiger partial charge in [0.2, 0.25) is 5.79 Å². The van der Waals surface area contributed by atoms with Crippen molar-refractivity contribution in [3.63, 3.8) is 0 Å². The van der Waals surface area contributed by atoms with E-state index < -0.39 is 78.1 Å². The molecule has 3 N–H and O–H groups in total. The van der Waals surface area contributed by atoms with Crippen molar-refractivity contribution >= 4 is 23.4 Å². The van der Waals surface area contributed by atoms with E-state index in [1.54, 1.807) is 46.2 Å². The maximum absolute atomic E-state index is 14.8. The number of rotatable bonds is 25. The van der Waals surface area contributed by atoms with Gasteiger partial charge in [0.25, 0.3) is 11.7 Å². The monoisotopic (exact) mass is 1260 g/mol. The van der Waals surface area contributed by atoms with Crippen LogP contribution in [0.1, 0.15) is 131 Å². The van der Waals surface area contributed by atoms with Crippen molar-refractivity contribution in [1.82, 2.24) is 19.9 Å². The van der Waals surface area contributed by atoms with Gasteiger partial charge in [0, 0.05) is 72.7 Å². The molecule has 1 aromatic rings. The molecule has 1 saturated carbocycles. The van der Waals surface area contributed by atoms with Crippen molar-refractivity contribution in [1.29, 1.82) is 0 Å². The van der Waals surface area contributed by atoms with Crippen LogP contribution in [0.5, 0.6) is 0 Å². The van der Waals surface area contributed by atoms with Gasteiger partial charge in [-0.3, -0.25) is 9.59 Å². The summed E-state index contributed by atoms with van der Waals surface area (Å²) in [5.41, 5.74) is 2.51. The van der Waals surface area contributed by atoms with Crippen molar-refractivity contribution in [2.75, 3.05) is 102 Å². The zero-order valence-electron chi connectivity index (χ0n) is 55.4. The smallest absolute Gasteiger partial charge is 0.329 e. The molecule has 2 bridgehead atoms. The first kappa shape index (κ1) is 75.4. The molecule has 3 aliphatic heterocycles. The second kappa shape index (κ2) is 39.9. The van der Waals surface area contributed by atoms with Crippen LogP contribution < -0.4 is 0 Å². The minimum atomic E-state index is -2.42. The van der Waals surface area contributed by atoms with E-state index in [-0.39, 0.29) is 61.7 Å². The molecule has 23 heteroatoms. The minimum Gasteiger partial charge on any atom is -0.460 e. The number of allylic oxidation sites excluding steroid dienone is 5. The molecule has 89 heavy (non-hydrogen) atoms. The molecule has 23 nitrogen and oxygen atoms in total. The third-order valence-corrected chi connectivity index (χ3v) is 17.9. The van der Waals surface area contributed by atoms with Crippen LogP contribution in [0.25, 0.3) is 0 Å². The quantitative estimate of drug-likeness (QED) is 0.0294. The van der Waals surface area contributed by atoms with Crippen LogP contribution >= 0.6 is 0 Å². The molecule has 2 saturated heterocycles. The first-order valence-corrected chi connectivity index (χ1v) is 32.3. The third-order valence-electron chi connectivity index (χ3n) is 17.9. The number of carbonyl (C=O) groups excluding carboxylic acids is 3. The lowest BCUT2D eigenvalue weighted by Crippen LogP contribution is -2.61. The molecule has 1 unspecified atom stereocenters. The number of fused-ring (bicyclic) bond motifs is 3. The Morgan fingerprint density at radius 2 is 1.44 bits per heavy atom. The number of methoxy groups -OCH3 is 5. The van der Waals surface area contributed by atoms with Gasteiger partial charge in [0.15, 0.2) is 6.61 Å². The summed E-state index contributed by atoms with van der Waals surface area (Å²) in [4.78, 5) is 51.0. The highest BCUT2D eigenvalue weighted by Gasteiger charge is 2.53. The van der Waals surface area contributed by atoms with Gasteiger partial charge in [0.05, 0.1) is 108 Å². The molecule has 5 rings (SSSR count). The van der Waals surface area contributed by atoms with Crippen molar-refractivity contribution < 1.29 is 86.6 Å². The number of ether oxygens (including phenoxy) is 11. The van der Waals surface area contributed by atoms with Crippen molar-refractivity contribution in [3.8, 4) is 0 Å². The average Bonchev–Trinajstić information content (AvgIpc) is 1.53. The Bertz CT molecular complexity index is 2400. The Labute approximate surface area is 529 Å². The standard InChI is InChI=1S/C66H109N5O18/c1-44-18-14-13-15-19-45(2)56(79-9)40-53-23-21-50(7)66(77,89-53)63(74)64(75)71-25-17-16-20-54(71)65(76)88-58(47(4)38-51-22-24-55(72)59(39-51)81-11)41-57(80-10)46(3)37-49(6)61(73)62(82-12)60(48(5)36-44)68-87-43-52-42-70(69-67-52)26-27-83-30-31-85-34-35-86-33-32-84-29-28-78-8/h13-15,18-19,37,42,44,46-48,50-51,53-59,61-62,72-73,77H,16-17,20-36,38-41,43H2,1-12H3/b15-13+,18-14+,45-19+,49-37+,68-60?/t44-,46-,47-,48-,50-,51+,53+,54+,55-,56+,57-,58?,59-,61-,62+,66-/m1/s1. The predicted molar refractivity (Wildman–Crippen MR) is 333 cm³/mol. The van der Waals surface area contributed by atoms with E-state index in [1.807, 2.05) is 65.0 Å². The van der Waals surface area contributed by atoms with Crippen LogP contribution in [0.15, 0.2) is 59.0 Å². The molecular formula is C66H109N5O18. The summed E-state index contributed by atoms with van der Waals surface area (Å²) < 4.78 is 65.7. The predicted octanol–water partition coefficient (Wildman–Crippen LogP) is 6.93. The number of hydrogen-bond acceptors (Lipinski definition) is 21. The summed E-state index contributed by atoms with van der Waals surface area (Å²) >= 11 is 0. The number of hydrogen-bond donors (Lipinski definition) is 3. The summed E-state index contributed by atoms with van der Waals surface area (Å²) in [6.07, 6.45) is 14.5. The lowest BCUT2D eigenvalue weighted by molar-refractivity contribution is -0.265. The fourth-order valence-electron chi connectivity index (χ4n) is 12.5. The second-order valence-corrected chi connectivity index (χ2v) is 24.8. The highest BCUT2D eigenvalue weighted by Crippen LogP contribution is 2.38. The number of ketones is 1. The van der Waals surface area contributed by atoms with E-state index in [0.717, 1.165) is 12.0 Å². The number of piperidine rings is 1. The number of amides is 1. The summed E-state index contributed by atoms with van der Waals surface area (Å²) in [7, 11) is 7.97. The molecule has 0 radical (unpaired) electrons. The van der Waals surface area contributed by atoms with E-state index in [1.165, 1.54) is 12.0 Å². The lowest BCUT2D eigenvalue weighted by Gasteiger charge is -2.43. The molecular weight excluding hydrogens is 1150 g/mol. The average molecular weight is 1260 g/mol. The Morgan fingerprint density at radius 1 is 0.753 bits per heavy atom. The van der Waals surface area contributed by atoms with Crippen LogP contribution in [-0.4, -0.2) is 221 Å². The molecule has 4 heterocycles. The van der Waals surface area contributed by atoms with Crippen molar-refractivity contribution in [3.05, 3.63) is 59.5 Å². The summed E-state index contributed by atoms with van der Waals surface area (Å²) in [5, 5.41) is 48.4. The van der Waals surface area contributed by atoms with Gasteiger partial charge in [-0.1, -0.05) is 81.4 Å². The molecule has 0 spiro atoms. The number of aliphatic hydroxyl groups excluding tert-OH is 2. The van der Waals surface area contributed by atoms with E-state index in [2.05, 4.69) is 23.3 Å². The van der Waals surface area contributed by atoms with Crippen LogP contribution in [-0.2, 0) is 84.5 Å². The van der Waals surface area contributed by atoms with Gasteiger partial charge in [-0.15, -0.1) is 5.10 Å². The molecule has 4 aliphatic rings. The van der Waals surface area contributed by atoms with Gasteiger partial charge in [0.1, 0.15) is 30.0 Å². The second-order valence-electron chi connectivity index (χ2n) is 24.8. The summed E-state index contributed by atoms with van der Waals surface area (Å²) in [5.74, 6) is -6.48. The third kappa shape index (κ3) is 23.9. The molecule has 506 valence electrons. The molecule has 3 fully saturated rings. The Kier molecular flexibility index (Phi) is 33.8. The number of esters is 1. The highest BCUT2D eigenvalue weighted by atomic mass is 16.6. The molecule has 1 amide bonds. The maximum Gasteiger partial charge on any atom is 0.329 e. The first-order chi connectivity index (χ1) is 42.8. The Hall–Kier alpha value is -4.34. The topological polar surface area (TPSA) is 269 Å². The summed E-state index contributed by atoms with van der Waals surface area (Å²) in [6.45, 7) is 18.4. The Balaban J connectivity index is 1.39. The largest absolute Gasteiger partial charge is 0.460 e. The van der Waals surface area contributed by atoms with E-state index in [0.29, 0.717) is 141 Å².